The number of amides is 1. The summed E-state index contributed by atoms with van der Waals surface area (Å²) in [6, 6.07) is 11.9. The summed E-state index contributed by atoms with van der Waals surface area (Å²) in [5.41, 5.74) is 2.00. The summed E-state index contributed by atoms with van der Waals surface area (Å²) in [5.74, 6) is 0.949. The summed E-state index contributed by atoms with van der Waals surface area (Å²) in [6.07, 6.45) is 2.16. The standard InChI is InChI=1S/C16H20N2O2/c1-3-16(19)18-14-8-6-13(7-9-14)12(2)17-11-15-5-4-10-20-15/h4-10,12,17H,3,11H2,1-2H3,(H,18,19)/t12-/m0/s1. The molecule has 4 heteroatoms. The maximum absolute atomic E-state index is 11.3. The van der Waals surface area contributed by atoms with Crippen LogP contribution in [0, 0.1) is 0 Å². The van der Waals surface area contributed by atoms with E-state index in [1.165, 1.54) is 5.56 Å². The van der Waals surface area contributed by atoms with Crippen LogP contribution in [-0.4, -0.2) is 5.91 Å². The van der Waals surface area contributed by atoms with Crippen molar-refractivity contribution >= 4 is 11.6 Å². The second-order valence-electron chi connectivity index (χ2n) is 4.71. The molecule has 0 unspecified atom stereocenters. The van der Waals surface area contributed by atoms with E-state index in [4.69, 9.17) is 4.42 Å². The van der Waals surface area contributed by atoms with E-state index in [0.29, 0.717) is 13.0 Å². The first-order valence-electron chi connectivity index (χ1n) is 6.84. The van der Waals surface area contributed by atoms with Gasteiger partial charge in [0.05, 0.1) is 12.8 Å². The third-order valence-corrected chi connectivity index (χ3v) is 3.18. The molecule has 0 bridgehead atoms. The predicted octanol–water partition coefficient (Wildman–Crippen LogP) is 3.48. The predicted molar refractivity (Wildman–Crippen MR) is 79.3 cm³/mol. The maximum atomic E-state index is 11.3. The molecule has 0 aliphatic heterocycles. The number of nitrogens with one attached hydrogen (secondary N) is 2. The summed E-state index contributed by atoms with van der Waals surface area (Å²) in [6.45, 7) is 4.63. The van der Waals surface area contributed by atoms with E-state index in [0.717, 1.165) is 11.4 Å². The van der Waals surface area contributed by atoms with Gasteiger partial charge in [0, 0.05) is 18.2 Å². The van der Waals surface area contributed by atoms with Crippen LogP contribution in [-0.2, 0) is 11.3 Å². The van der Waals surface area contributed by atoms with Crippen molar-refractivity contribution in [1.82, 2.24) is 5.32 Å². The SMILES string of the molecule is CCC(=O)Nc1ccc([C@H](C)NCc2ccco2)cc1. The van der Waals surface area contributed by atoms with Crippen LogP contribution in [0.15, 0.2) is 47.1 Å². The Morgan fingerprint density at radius 3 is 2.60 bits per heavy atom. The number of hydrogen-bond donors (Lipinski definition) is 2. The van der Waals surface area contributed by atoms with Gasteiger partial charge in [-0.3, -0.25) is 4.79 Å². The van der Waals surface area contributed by atoms with Crippen LogP contribution < -0.4 is 10.6 Å². The van der Waals surface area contributed by atoms with Gasteiger partial charge in [0.25, 0.3) is 0 Å². The molecule has 0 aliphatic rings. The van der Waals surface area contributed by atoms with Crippen LogP contribution >= 0.6 is 0 Å². The fraction of sp³-hybridized carbons (Fsp3) is 0.312. The molecule has 20 heavy (non-hydrogen) atoms. The van der Waals surface area contributed by atoms with E-state index in [1.807, 2.05) is 43.3 Å². The average molecular weight is 272 g/mol. The number of carbonyl (C=O) groups excluding carboxylic acids is 1. The first-order valence-corrected chi connectivity index (χ1v) is 6.84. The number of benzene rings is 1. The van der Waals surface area contributed by atoms with Crippen LogP contribution in [0.1, 0.15) is 37.6 Å². The fourth-order valence-electron chi connectivity index (χ4n) is 1.89. The van der Waals surface area contributed by atoms with Crippen LogP contribution in [0.4, 0.5) is 5.69 Å². The van der Waals surface area contributed by atoms with Crippen molar-refractivity contribution in [2.75, 3.05) is 5.32 Å². The van der Waals surface area contributed by atoms with Gasteiger partial charge in [-0.2, -0.15) is 0 Å². The fourth-order valence-corrected chi connectivity index (χ4v) is 1.89. The molecule has 1 aromatic carbocycles. The van der Waals surface area contributed by atoms with Crippen LogP contribution in [0.25, 0.3) is 0 Å². The molecule has 1 aromatic heterocycles. The first-order chi connectivity index (χ1) is 9.69. The number of carbonyl (C=O) groups is 1. The molecule has 1 heterocycles. The molecule has 0 radical (unpaired) electrons. The Bertz CT molecular complexity index is 532. The summed E-state index contributed by atoms with van der Waals surface area (Å²) >= 11 is 0. The van der Waals surface area contributed by atoms with Crippen molar-refractivity contribution < 1.29 is 9.21 Å². The van der Waals surface area contributed by atoms with Crippen molar-refractivity contribution in [3.05, 3.63) is 54.0 Å². The Morgan fingerprint density at radius 2 is 2.00 bits per heavy atom. The molecular formula is C16H20N2O2. The average Bonchev–Trinajstić information content (AvgIpc) is 2.98. The second-order valence-corrected chi connectivity index (χ2v) is 4.71. The van der Waals surface area contributed by atoms with Crippen LogP contribution in [0.3, 0.4) is 0 Å². The lowest BCUT2D eigenvalue weighted by Crippen LogP contribution is -2.17. The summed E-state index contributed by atoms with van der Waals surface area (Å²) in [5, 5.41) is 6.23. The quantitative estimate of drug-likeness (QED) is 0.846. The second kappa shape index (κ2) is 6.91. The molecule has 2 aromatic rings. The molecule has 4 nitrogen and oxygen atoms in total. The summed E-state index contributed by atoms with van der Waals surface area (Å²) in [4.78, 5) is 11.3. The van der Waals surface area contributed by atoms with Gasteiger partial charge in [0.15, 0.2) is 0 Å². The molecule has 2 N–H and O–H groups in total. The Balaban J connectivity index is 1.90. The van der Waals surface area contributed by atoms with Crippen molar-refractivity contribution in [3.63, 3.8) is 0 Å². The van der Waals surface area contributed by atoms with Gasteiger partial charge in [-0.15, -0.1) is 0 Å². The Morgan fingerprint density at radius 1 is 1.25 bits per heavy atom. The number of anilines is 1. The molecule has 1 amide bonds. The largest absolute Gasteiger partial charge is 0.468 e. The number of furan rings is 1. The highest BCUT2D eigenvalue weighted by atomic mass is 16.3. The lowest BCUT2D eigenvalue weighted by molar-refractivity contribution is -0.115. The molecule has 0 fully saturated rings. The number of hydrogen-bond acceptors (Lipinski definition) is 3. The van der Waals surface area contributed by atoms with Gasteiger partial charge in [-0.1, -0.05) is 19.1 Å². The van der Waals surface area contributed by atoms with Crippen LogP contribution in [0.5, 0.6) is 0 Å². The van der Waals surface area contributed by atoms with Crippen molar-refractivity contribution in [2.24, 2.45) is 0 Å². The van der Waals surface area contributed by atoms with E-state index in [-0.39, 0.29) is 11.9 Å². The maximum Gasteiger partial charge on any atom is 0.224 e. The van der Waals surface area contributed by atoms with Crippen LogP contribution in [0.2, 0.25) is 0 Å². The summed E-state index contributed by atoms with van der Waals surface area (Å²) in [7, 11) is 0. The Labute approximate surface area is 119 Å². The van der Waals surface area contributed by atoms with Crippen molar-refractivity contribution in [2.45, 2.75) is 32.9 Å². The Kier molecular flexibility index (Phi) is 4.96. The van der Waals surface area contributed by atoms with E-state index < -0.39 is 0 Å². The molecule has 0 saturated carbocycles. The third kappa shape index (κ3) is 3.96. The smallest absolute Gasteiger partial charge is 0.224 e. The lowest BCUT2D eigenvalue weighted by atomic mass is 10.1. The van der Waals surface area contributed by atoms with E-state index in [1.54, 1.807) is 6.26 Å². The lowest BCUT2D eigenvalue weighted by Gasteiger charge is -2.14. The Hall–Kier alpha value is -2.07. The molecule has 0 spiro atoms. The van der Waals surface area contributed by atoms with Gasteiger partial charge in [-0.25, -0.2) is 0 Å². The first kappa shape index (κ1) is 14.3. The van der Waals surface area contributed by atoms with Crippen molar-refractivity contribution in [1.29, 1.82) is 0 Å². The van der Waals surface area contributed by atoms with Gasteiger partial charge in [0.1, 0.15) is 5.76 Å². The van der Waals surface area contributed by atoms with E-state index in [9.17, 15) is 4.79 Å². The minimum Gasteiger partial charge on any atom is -0.468 e. The molecular weight excluding hydrogens is 252 g/mol. The zero-order chi connectivity index (χ0) is 14.4. The minimum atomic E-state index is 0.0294. The van der Waals surface area contributed by atoms with E-state index >= 15 is 0 Å². The highest BCUT2D eigenvalue weighted by molar-refractivity contribution is 5.90. The molecule has 0 saturated heterocycles. The van der Waals surface area contributed by atoms with Gasteiger partial charge in [-0.05, 0) is 36.8 Å². The zero-order valence-corrected chi connectivity index (χ0v) is 11.8. The summed E-state index contributed by atoms with van der Waals surface area (Å²) < 4.78 is 5.28. The molecule has 106 valence electrons. The topological polar surface area (TPSA) is 54.3 Å². The normalized spacial score (nSPS) is 12.1. The highest BCUT2D eigenvalue weighted by Crippen LogP contribution is 2.17. The van der Waals surface area contributed by atoms with Gasteiger partial charge < -0.3 is 15.1 Å². The third-order valence-electron chi connectivity index (χ3n) is 3.18. The van der Waals surface area contributed by atoms with Gasteiger partial charge in [0.2, 0.25) is 5.91 Å². The monoisotopic (exact) mass is 272 g/mol. The van der Waals surface area contributed by atoms with Gasteiger partial charge >= 0.3 is 0 Å². The molecule has 2 rings (SSSR count). The van der Waals surface area contributed by atoms with E-state index in [2.05, 4.69) is 17.6 Å². The molecule has 1 atom stereocenters. The zero-order valence-electron chi connectivity index (χ0n) is 11.8. The number of rotatable bonds is 6. The molecule has 0 aliphatic carbocycles. The minimum absolute atomic E-state index is 0.0294. The highest BCUT2D eigenvalue weighted by Gasteiger charge is 2.06. The van der Waals surface area contributed by atoms with Crippen molar-refractivity contribution in [3.8, 4) is 0 Å².